The Kier molecular flexibility index (Phi) is 5.89. The van der Waals surface area contributed by atoms with Crippen LogP contribution in [0.4, 0.5) is 5.13 Å². The predicted octanol–water partition coefficient (Wildman–Crippen LogP) is 4.20. The van der Waals surface area contributed by atoms with Gasteiger partial charge in [-0.2, -0.15) is 0 Å². The molecule has 0 radical (unpaired) electrons. The number of aromatic nitrogens is 2. The molecule has 0 aliphatic carbocycles. The second kappa shape index (κ2) is 8.94. The molecule has 4 heterocycles. The molecule has 0 saturated carbocycles. The Bertz CT molecular complexity index is 1070. The Morgan fingerprint density at radius 1 is 1.13 bits per heavy atom. The van der Waals surface area contributed by atoms with Crippen molar-refractivity contribution >= 4 is 33.7 Å². The first-order valence-corrected chi connectivity index (χ1v) is 12.2. The number of hydrogen-bond donors (Lipinski definition) is 1. The van der Waals surface area contributed by atoms with Crippen LogP contribution in [0.3, 0.4) is 0 Å². The number of ether oxygens (including phenoxy) is 2. The molecule has 1 amide bonds. The van der Waals surface area contributed by atoms with Gasteiger partial charge in [0, 0.05) is 28.8 Å². The van der Waals surface area contributed by atoms with Crippen molar-refractivity contribution in [3.05, 3.63) is 39.7 Å². The number of piperidine rings is 1. The van der Waals surface area contributed by atoms with E-state index in [9.17, 15) is 4.79 Å². The molecule has 0 unspecified atom stereocenters. The van der Waals surface area contributed by atoms with Crippen molar-refractivity contribution in [3.63, 3.8) is 0 Å². The van der Waals surface area contributed by atoms with Gasteiger partial charge in [-0.3, -0.25) is 9.69 Å². The number of hydrogen-bond acceptors (Lipinski definition) is 8. The fraction of sp³-hybridized carbons (Fsp3) is 0.409. The van der Waals surface area contributed by atoms with Crippen LogP contribution in [0.25, 0.3) is 11.3 Å². The van der Waals surface area contributed by atoms with Crippen molar-refractivity contribution in [2.24, 2.45) is 5.92 Å². The summed E-state index contributed by atoms with van der Waals surface area (Å²) >= 11 is 3.13. The third-order valence-corrected chi connectivity index (χ3v) is 7.16. The number of aryl methyl sites for hydroxylation is 1. The molecule has 9 heteroatoms. The average Bonchev–Trinajstić information content (AvgIpc) is 3.42. The molecular weight excluding hydrogens is 432 g/mol. The number of carbonyl (C=O) groups is 1. The minimum absolute atomic E-state index is 0.0232. The van der Waals surface area contributed by atoms with E-state index < -0.39 is 0 Å². The second-order valence-corrected chi connectivity index (χ2v) is 9.71. The molecule has 31 heavy (non-hydrogen) atoms. The topological polar surface area (TPSA) is 76.6 Å². The molecule has 0 atom stereocenters. The van der Waals surface area contributed by atoms with E-state index in [1.165, 1.54) is 11.3 Å². The van der Waals surface area contributed by atoms with Crippen LogP contribution in [-0.2, 0) is 11.3 Å². The van der Waals surface area contributed by atoms with E-state index in [1.807, 2.05) is 30.5 Å². The zero-order valence-corrected chi connectivity index (χ0v) is 18.9. The lowest BCUT2D eigenvalue weighted by Gasteiger charge is -2.30. The number of thiazole rings is 2. The summed E-state index contributed by atoms with van der Waals surface area (Å²) in [4.78, 5) is 24.3. The van der Waals surface area contributed by atoms with Gasteiger partial charge in [-0.1, -0.05) is 0 Å². The molecule has 1 aromatic carbocycles. The van der Waals surface area contributed by atoms with Gasteiger partial charge >= 0.3 is 0 Å². The number of fused-ring (bicyclic) bond motifs is 1. The quantitative estimate of drug-likeness (QED) is 0.620. The van der Waals surface area contributed by atoms with Gasteiger partial charge < -0.3 is 14.8 Å². The number of nitrogens with zero attached hydrogens (tertiary/aromatic N) is 3. The number of likely N-dealkylation sites (tertiary alicyclic amines) is 1. The Balaban J connectivity index is 1.16. The van der Waals surface area contributed by atoms with E-state index >= 15 is 0 Å². The summed E-state index contributed by atoms with van der Waals surface area (Å²) in [6.07, 6.45) is 1.71. The molecule has 1 N–H and O–H groups in total. The maximum atomic E-state index is 12.8. The molecule has 1 fully saturated rings. The van der Waals surface area contributed by atoms with Crippen LogP contribution in [0.1, 0.15) is 23.5 Å². The highest BCUT2D eigenvalue weighted by Crippen LogP contribution is 2.35. The van der Waals surface area contributed by atoms with Crippen LogP contribution >= 0.6 is 22.7 Å². The van der Waals surface area contributed by atoms with Gasteiger partial charge in [-0.25, -0.2) is 9.97 Å². The zero-order chi connectivity index (χ0) is 21.2. The summed E-state index contributed by atoms with van der Waals surface area (Å²) < 4.78 is 11.2. The minimum Gasteiger partial charge on any atom is -0.486 e. The first kappa shape index (κ1) is 20.4. The molecule has 0 bridgehead atoms. The van der Waals surface area contributed by atoms with Crippen molar-refractivity contribution in [1.82, 2.24) is 14.9 Å². The molecule has 162 valence electrons. The predicted molar refractivity (Wildman–Crippen MR) is 122 cm³/mol. The lowest BCUT2D eigenvalue weighted by atomic mass is 9.96. The van der Waals surface area contributed by atoms with Crippen LogP contribution in [-0.4, -0.2) is 47.1 Å². The number of nitrogens with one attached hydrogen (secondary N) is 1. The van der Waals surface area contributed by atoms with Crippen LogP contribution in [0.5, 0.6) is 11.5 Å². The third kappa shape index (κ3) is 4.73. The second-order valence-electron chi connectivity index (χ2n) is 7.79. The van der Waals surface area contributed by atoms with Crippen LogP contribution in [0.15, 0.2) is 29.0 Å². The fourth-order valence-electron chi connectivity index (χ4n) is 3.94. The van der Waals surface area contributed by atoms with Crippen LogP contribution < -0.4 is 14.8 Å². The SMILES string of the molecule is Cc1nc(CN2CCC(C(=O)Nc3nc(-c4ccc5c(c4)OCCO5)cs3)CC2)cs1. The molecule has 0 spiro atoms. The summed E-state index contributed by atoms with van der Waals surface area (Å²) in [6, 6.07) is 5.81. The van der Waals surface area contributed by atoms with Crippen molar-refractivity contribution < 1.29 is 14.3 Å². The van der Waals surface area contributed by atoms with E-state index in [0.29, 0.717) is 18.3 Å². The van der Waals surface area contributed by atoms with E-state index in [4.69, 9.17) is 9.47 Å². The normalized spacial score (nSPS) is 16.9. The standard InChI is InChI=1S/C22H24N4O3S2/c1-14-23-17(12-30-14)11-26-6-4-15(5-7-26)21(27)25-22-24-18(13-31-22)16-2-3-19-20(10-16)29-9-8-28-19/h2-3,10,12-13,15H,4-9,11H2,1H3,(H,24,25,27). The van der Waals surface area contributed by atoms with Gasteiger partial charge in [0.05, 0.1) is 16.4 Å². The molecule has 3 aromatic rings. The van der Waals surface area contributed by atoms with E-state index in [1.54, 1.807) is 11.3 Å². The summed E-state index contributed by atoms with van der Waals surface area (Å²) in [7, 11) is 0. The molecule has 2 aliphatic heterocycles. The monoisotopic (exact) mass is 456 g/mol. The zero-order valence-electron chi connectivity index (χ0n) is 17.3. The highest BCUT2D eigenvalue weighted by molar-refractivity contribution is 7.14. The number of carbonyl (C=O) groups excluding carboxylic acids is 1. The largest absolute Gasteiger partial charge is 0.486 e. The third-order valence-electron chi connectivity index (χ3n) is 5.58. The molecule has 2 aromatic heterocycles. The molecular formula is C22H24N4O3S2. The Hall–Kier alpha value is -2.49. The molecule has 5 rings (SSSR count). The van der Waals surface area contributed by atoms with Gasteiger partial charge in [0.15, 0.2) is 16.6 Å². The smallest absolute Gasteiger partial charge is 0.229 e. The van der Waals surface area contributed by atoms with Crippen molar-refractivity contribution in [1.29, 1.82) is 0 Å². The summed E-state index contributed by atoms with van der Waals surface area (Å²) in [6.45, 7) is 5.84. The van der Waals surface area contributed by atoms with Gasteiger partial charge in [0.1, 0.15) is 13.2 Å². The van der Waals surface area contributed by atoms with Gasteiger partial charge in [0.25, 0.3) is 0 Å². The average molecular weight is 457 g/mol. The fourth-order valence-corrected chi connectivity index (χ4v) is 5.26. The summed E-state index contributed by atoms with van der Waals surface area (Å²) in [5.74, 6) is 1.58. The number of amides is 1. The Labute approximate surface area is 189 Å². The first-order valence-electron chi connectivity index (χ1n) is 10.4. The Morgan fingerprint density at radius 2 is 1.94 bits per heavy atom. The first-order chi connectivity index (χ1) is 15.1. The number of anilines is 1. The number of rotatable bonds is 5. The lowest BCUT2D eigenvalue weighted by molar-refractivity contribution is -0.121. The summed E-state index contributed by atoms with van der Waals surface area (Å²) in [5.41, 5.74) is 2.90. The van der Waals surface area contributed by atoms with E-state index in [-0.39, 0.29) is 11.8 Å². The highest BCUT2D eigenvalue weighted by atomic mass is 32.1. The molecule has 7 nitrogen and oxygen atoms in total. The van der Waals surface area contributed by atoms with Crippen molar-refractivity contribution in [2.75, 3.05) is 31.6 Å². The maximum absolute atomic E-state index is 12.8. The van der Waals surface area contributed by atoms with E-state index in [0.717, 1.165) is 65.9 Å². The van der Waals surface area contributed by atoms with Gasteiger partial charge in [0.2, 0.25) is 5.91 Å². The molecule has 2 aliphatic rings. The minimum atomic E-state index is 0.0232. The van der Waals surface area contributed by atoms with Crippen molar-refractivity contribution in [2.45, 2.75) is 26.3 Å². The molecule has 1 saturated heterocycles. The van der Waals surface area contributed by atoms with Crippen LogP contribution in [0.2, 0.25) is 0 Å². The van der Waals surface area contributed by atoms with Gasteiger partial charge in [-0.05, 0) is 51.1 Å². The van der Waals surface area contributed by atoms with Gasteiger partial charge in [-0.15, -0.1) is 22.7 Å². The lowest BCUT2D eigenvalue weighted by Crippen LogP contribution is -2.37. The van der Waals surface area contributed by atoms with Crippen LogP contribution in [0, 0.1) is 12.8 Å². The van der Waals surface area contributed by atoms with E-state index in [2.05, 4.69) is 25.6 Å². The number of benzene rings is 1. The maximum Gasteiger partial charge on any atom is 0.229 e. The highest BCUT2D eigenvalue weighted by Gasteiger charge is 2.26. The van der Waals surface area contributed by atoms with Crippen molar-refractivity contribution in [3.8, 4) is 22.8 Å². The Morgan fingerprint density at radius 3 is 2.71 bits per heavy atom. The summed E-state index contributed by atoms with van der Waals surface area (Å²) in [5, 5.41) is 8.83.